The Balaban J connectivity index is 1.01. The molecule has 0 unspecified atom stereocenters. The lowest BCUT2D eigenvalue weighted by Gasteiger charge is -2.28. The van der Waals surface area contributed by atoms with E-state index in [1.165, 1.54) is 32.7 Å². The lowest BCUT2D eigenvalue weighted by atomic mass is 9.96. The molecule has 0 radical (unpaired) electrons. The second-order valence-electron chi connectivity index (χ2n) is 15.3. The van der Waals surface area contributed by atoms with Gasteiger partial charge in [-0.15, -0.1) is 0 Å². The van der Waals surface area contributed by atoms with E-state index >= 15 is 0 Å². The van der Waals surface area contributed by atoms with Crippen LogP contribution in [0.25, 0.3) is 88.3 Å². The number of hydrogen-bond acceptors (Lipinski definition) is 2. The molecule has 0 aliphatic heterocycles. The van der Waals surface area contributed by atoms with Gasteiger partial charge in [-0.1, -0.05) is 194 Å². The Kier molecular flexibility index (Phi) is 8.87. The Labute approximate surface area is 349 Å². The van der Waals surface area contributed by atoms with Crippen molar-refractivity contribution in [3.05, 3.63) is 237 Å². The number of anilines is 3. The van der Waals surface area contributed by atoms with Crippen molar-refractivity contribution in [2.45, 2.75) is 0 Å². The summed E-state index contributed by atoms with van der Waals surface area (Å²) < 4.78 is 6.60. The van der Waals surface area contributed by atoms with E-state index in [4.69, 9.17) is 4.42 Å². The van der Waals surface area contributed by atoms with E-state index in [9.17, 15) is 0 Å². The van der Waals surface area contributed by atoms with Crippen molar-refractivity contribution in [1.29, 1.82) is 0 Å². The standard InChI is InChI=1S/C58H39NO/c1-3-14-40(15-4-1)41-26-28-44(29-27-41)53-22-9-11-24-55(53)59(50-36-37-52-47(39-50)31-30-43-16-7-8-21-51(43)52)49-34-32-42(33-35-49)46-19-13-20-48(38-46)58-57(45-17-5-2-6-18-45)54-23-10-12-25-56(54)60-58/h1-39H. The quantitative estimate of drug-likeness (QED) is 0.143. The molecule has 282 valence electrons. The van der Waals surface area contributed by atoms with Gasteiger partial charge in [0.15, 0.2) is 0 Å². The van der Waals surface area contributed by atoms with E-state index in [0.29, 0.717) is 0 Å². The second-order valence-corrected chi connectivity index (χ2v) is 15.3. The van der Waals surface area contributed by atoms with E-state index < -0.39 is 0 Å². The molecule has 0 aliphatic carbocycles. The Morgan fingerprint density at radius 3 is 1.67 bits per heavy atom. The van der Waals surface area contributed by atoms with Crippen molar-refractivity contribution in [2.24, 2.45) is 0 Å². The van der Waals surface area contributed by atoms with Gasteiger partial charge in [-0.25, -0.2) is 0 Å². The maximum absolute atomic E-state index is 6.60. The number of rotatable bonds is 8. The molecule has 60 heavy (non-hydrogen) atoms. The lowest BCUT2D eigenvalue weighted by molar-refractivity contribution is 0.632. The van der Waals surface area contributed by atoms with Crippen LogP contribution in [0.15, 0.2) is 241 Å². The first-order valence-corrected chi connectivity index (χ1v) is 20.5. The second kappa shape index (κ2) is 15.1. The maximum Gasteiger partial charge on any atom is 0.143 e. The van der Waals surface area contributed by atoms with Crippen LogP contribution >= 0.6 is 0 Å². The normalized spacial score (nSPS) is 11.3. The molecule has 1 aromatic heterocycles. The van der Waals surface area contributed by atoms with Crippen LogP contribution in [0.5, 0.6) is 0 Å². The fourth-order valence-corrected chi connectivity index (χ4v) is 8.74. The molecule has 0 bridgehead atoms. The molecule has 2 heteroatoms. The Morgan fingerprint density at radius 1 is 0.300 bits per heavy atom. The molecule has 10 aromatic carbocycles. The maximum atomic E-state index is 6.60. The summed E-state index contributed by atoms with van der Waals surface area (Å²) >= 11 is 0. The van der Waals surface area contributed by atoms with Gasteiger partial charge in [0.25, 0.3) is 0 Å². The van der Waals surface area contributed by atoms with E-state index in [1.807, 2.05) is 6.07 Å². The summed E-state index contributed by atoms with van der Waals surface area (Å²) in [6, 6.07) is 84.8. The zero-order valence-corrected chi connectivity index (χ0v) is 32.9. The van der Waals surface area contributed by atoms with Crippen molar-refractivity contribution < 1.29 is 4.42 Å². The fourth-order valence-electron chi connectivity index (χ4n) is 8.74. The molecule has 0 amide bonds. The van der Waals surface area contributed by atoms with Crippen LogP contribution in [0.2, 0.25) is 0 Å². The number of fused-ring (bicyclic) bond motifs is 4. The molecule has 11 aromatic rings. The minimum Gasteiger partial charge on any atom is -0.455 e. The van der Waals surface area contributed by atoms with Gasteiger partial charge in [-0.3, -0.25) is 0 Å². The molecule has 0 saturated carbocycles. The summed E-state index contributed by atoms with van der Waals surface area (Å²) in [5.74, 6) is 0.879. The highest BCUT2D eigenvalue weighted by atomic mass is 16.3. The van der Waals surface area contributed by atoms with Gasteiger partial charge in [-0.05, 0) is 97.4 Å². The topological polar surface area (TPSA) is 16.4 Å². The van der Waals surface area contributed by atoms with Gasteiger partial charge in [0.2, 0.25) is 0 Å². The average Bonchev–Trinajstić information content (AvgIpc) is 3.73. The molecule has 0 atom stereocenters. The minimum absolute atomic E-state index is 0.879. The van der Waals surface area contributed by atoms with Gasteiger partial charge in [0.05, 0.1) is 5.69 Å². The summed E-state index contributed by atoms with van der Waals surface area (Å²) in [5, 5.41) is 6.07. The highest BCUT2D eigenvalue weighted by molar-refractivity contribution is 6.09. The summed E-state index contributed by atoms with van der Waals surface area (Å²) in [5.41, 5.74) is 14.5. The van der Waals surface area contributed by atoms with Gasteiger partial charge in [0, 0.05) is 33.5 Å². The van der Waals surface area contributed by atoms with E-state index in [0.717, 1.165) is 72.7 Å². The molecular formula is C58H39NO. The molecular weight excluding hydrogens is 727 g/mol. The molecule has 2 nitrogen and oxygen atoms in total. The third-order valence-corrected chi connectivity index (χ3v) is 11.7. The van der Waals surface area contributed by atoms with Crippen LogP contribution in [0.4, 0.5) is 17.1 Å². The first-order chi connectivity index (χ1) is 29.7. The van der Waals surface area contributed by atoms with Crippen molar-refractivity contribution in [2.75, 3.05) is 4.90 Å². The predicted octanol–water partition coefficient (Wildman–Crippen LogP) is 16.5. The molecule has 0 aliphatic rings. The van der Waals surface area contributed by atoms with E-state index in [1.54, 1.807) is 0 Å². The summed E-state index contributed by atoms with van der Waals surface area (Å²) in [6.45, 7) is 0. The first kappa shape index (κ1) is 35.2. The molecule has 0 N–H and O–H groups in total. The third-order valence-electron chi connectivity index (χ3n) is 11.7. The number of para-hydroxylation sites is 2. The molecule has 1 heterocycles. The van der Waals surface area contributed by atoms with Crippen molar-refractivity contribution >= 4 is 49.6 Å². The highest BCUT2D eigenvalue weighted by Crippen LogP contribution is 2.44. The van der Waals surface area contributed by atoms with Crippen molar-refractivity contribution in [1.82, 2.24) is 0 Å². The van der Waals surface area contributed by atoms with Crippen molar-refractivity contribution in [3.8, 4) is 55.8 Å². The van der Waals surface area contributed by atoms with E-state index in [-0.39, 0.29) is 0 Å². The fraction of sp³-hybridized carbons (Fsp3) is 0. The van der Waals surface area contributed by atoms with Crippen LogP contribution in [-0.2, 0) is 0 Å². The summed E-state index contributed by atoms with van der Waals surface area (Å²) in [7, 11) is 0. The monoisotopic (exact) mass is 765 g/mol. The lowest BCUT2D eigenvalue weighted by Crippen LogP contribution is -2.11. The number of benzene rings is 10. The summed E-state index contributed by atoms with van der Waals surface area (Å²) in [6.07, 6.45) is 0. The van der Waals surface area contributed by atoms with Crippen molar-refractivity contribution in [3.63, 3.8) is 0 Å². The molecule has 11 rings (SSSR count). The smallest absolute Gasteiger partial charge is 0.143 e. The Morgan fingerprint density at radius 2 is 0.850 bits per heavy atom. The minimum atomic E-state index is 0.879. The van der Waals surface area contributed by atoms with Gasteiger partial charge in [0.1, 0.15) is 11.3 Å². The molecule has 0 saturated heterocycles. The zero-order chi connectivity index (χ0) is 39.8. The SMILES string of the molecule is c1ccc(-c2ccc(-c3ccccc3N(c3ccc(-c4cccc(-c5oc6ccccc6c5-c5ccccc5)c4)cc3)c3ccc4c(ccc5ccccc54)c3)cc2)cc1. The van der Waals surface area contributed by atoms with Crippen LogP contribution < -0.4 is 4.90 Å². The number of furan rings is 1. The van der Waals surface area contributed by atoms with Crippen LogP contribution in [-0.4, -0.2) is 0 Å². The number of hydrogen-bond donors (Lipinski definition) is 0. The van der Waals surface area contributed by atoms with Crippen LogP contribution in [0, 0.1) is 0 Å². The van der Waals surface area contributed by atoms with E-state index in [2.05, 4.69) is 235 Å². The predicted molar refractivity (Wildman–Crippen MR) is 253 cm³/mol. The Hall–Kier alpha value is -7.94. The average molecular weight is 766 g/mol. The first-order valence-electron chi connectivity index (χ1n) is 20.5. The highest BCUT2D eigenvalue weighted by Gasteiger charge is 2.20. The zero-order valence-electron chi connectivity index (χ0n) is 32.9. The van der Waals surface area contributed by atoms with Crippen LogP contribution in [0.3, 0.4) is 0 Å². The third kappa shape index (κ3) is 6.41. The summed E-state index contributed by atoms with van der Waals surface area (Å²) in [4.78, 5) is 2.40. The Bertz CT molecular complexity index is 3290. The largest absolute Gasteiger partial charge is 0.455 e. The van der Waals surface area contributed by atoms with Crippen LogP contribution in [0.1, 0.15) is 0 Å². The number of nitrogens with zero attached hydrogens (tertiary/aromatic N) is 1. The molecule has 0 spiro atoms. The van der Waals surface area contributed by atoms with Gasteiger partial charge < -0.3 is 9.32 Å². The van der Waals surface area contributed by atoms with Gasteiger partial charge >= 0.3 is 0 Å². The van der Waals surface area contributed by atoms with Gasteiger partial charge in [-0.2, -0.15) is 0 Å². The molecule has 0 fully saturated rings.